The summed E-state index contributed by atoms with van der Waals surface area (Å²) in [5, 5.41) is 31.3. The Morgan fingerprint density at radius 1 is 0.623 bits per heavy atom. The Bertz CT molecular complexity index is 1700. The number of carbonyl (C=O) groups excluding carboxylic acids is 5. The van der Waals surface area contributed by atoms with Crippen LogP contribution in [0.5, 0.6) is 0 Å². The maximum absolute atomic E-state index is 14.0. The number of rotatable bonds is 21. The van der Waals surface area contributed by atoms with Gasteiger partial charge >= 0.3 is 11.9 Å². The minimum Gasteiger partial charge on any atom is -0.481 e. The Balaban J connectivity index is 1.93. The van der Waals surface area contributed by atoms with Crippen LogP contribution in [0.2, 0.25) is 0 Å². The first-order chi connectivity index (χ1) is 25.3. The quantitative estimate of drug-likeness (QED) is 0.0561. The summed E-state index contributed by atoms with van der Waals surface area (Å²) in [6.07, 6.45) is 1.59. The molecule has 3 aromatic rings. The normalized spacial score (nSPS) is 14.2. The Morgan fingerprint density at radius 3 is 1.45 bits per heavy atom. The van der Waals surface area contributed by atoms with E-state index in [0.29, 0.717) is 16.8 Å². The van der Waals surface area contributed by atoms with Crippen LogP contribution in [-0.4, -0.2) is 109 Å². The van der Waals surface area contributed by atoms with Gasteiger partial charge in [-0.2, -0.15) is 25.3 Å². The molecule has 3 rings (SSSR count). The third kappa shape index (κ3) is 13.9. The Morgan fingerprint density at radius 2 is 1.06 bits per heavy atom. The molecule has 0 aliphatic heterocycles. The van der Waals surface area contributed by atoms with Crippen molar-refractivity contribution in [3.63, 3.8) is 0 Å². The van der Waals surface area contributed by atoms with E-state index in [9.17, 15) is 43.8 Å². The zero-order valence-electron chi connectivity index (χ0n) is 28.3. The van der Waals surface area contributed by atoms with Crippen molar-refractivity contribution < 1.29 is 43.8 Å². The van der Waals surface area contributed by atoms with Crippen molar-refractivity contribution in [2.45, 2.75) is 61.9 Å². The number of H-pyrrole nitrogens is 1. The molecule has 10 N–H and O–H groups in total. The van der Waals surface area contributed by atoms with Crippen molar-refractivity contribution in [2.24, 2.45) is 5.73 Å². The molecule has 1 aromatic heterocycles. The molecule has 0 aliphatic carbocycles. The molecule has 17 nitrogen and oxygen atoms in total. The molecule has 0 spiro atoms. The van der Waals surface area contributed by atoms with Crippen LogP contribution in [0.4, 0.5) is 0 Å². The first-order valence-corrected chi connectivity index (χ1v) is 17.6. The minimum atomic E-state index is -1.63. The van der Waals surface area contributed by atoms with Crippen LogP contribution in [0.15, 0.2) is 73.2 Å². The molecule has 0 fully saturated rings. The summed E-state index contributed by atoms with van der Waals surface area (Å²) in [6.45, 7) is 0. The molecule has 6 atom stereocenters. The van der Waals surface area contributed by atoms with E-state index in [0.717, 1.165) is 0 Å². The summed E-state index contributed by atoms with van der Waals surface area (Å²) in [5.74, 6) is -7.40. The van der Waals surface area contributed by atoms with Gasteiger partial charge in [-0.15, -0.1) is 0 Å². The number of amides is 5. The van der Waals surface area contributed by atoms with Crippen LogP contribution in [0.3, 0.4) is 0 Å². The molecule has 0 bridgehead atoms. The smallest absolute Gasteiger partial charge is 0.327 e. The number of nitrogens with zero attached hydrogens (tertiary/aromatic N) is 1. The molecule has 5 amide bonds. The highest BCUT2D eigenvalue weighted by Crippen LogP contribution is 2.09. The van der Waals surface area contributed by atoms with Crippen LogP contribution >= 0.6 is 25.3 Å². The van der Waals surface area contributed by atoms with Crippen LogP contribution in [0.25, 0.3) is 0 Å². The maximum Gasteiger partial charge on any atom is 0.327 e. The fourth-order valence-corrected chi connectivity index (χ4v) is 5.38. The fourth-order valence-electron chi connectivity index (χ4n) is 4.96. The van der Waals surface area contributed by atoms with Gasteiger partial charge in [0.1, 0.15) is 30.2 Å². The van der Waals surface area contributed by atoms with Crippen LogP contribution < -0.4 is 32.3 Å². The van der Waals surface area contributed by atoms with Crippen LogP contribution in [0, 0.1) is 0 Å². The number of nitrogens with two attached hydrogens (primary N) is 1. The minimum absolute atomic E-state index is 0.0323. The van der Waals surface area contributed by atoms with Gasteiger partial charge in [0.15, 0.2) is 0 Å². The van der Waals surface area contributed by atoms with E-state index in [1.807, 2.05) is 0 Å². The molecule has 19 heteroatoms. The first kappa shape index (κ1) is 42.0. The monoisotopic (exact) mass is 770 g/mol. The number of carboxylic acid groups (broad SMARTS) is 2. The van der Waals surface area contributed by atoms with Gasteiger partial charge in [-0.1, -0.05) is 60.7 Å². The highest BCUT2D eigenvalue weighted by atomic mass is 32.1. The molecule has 0 radical (unpaired) electrons. The highest BCUT2D eigenvalue weighted by molar-refractivity contribution is 7.80. The van der Waals surface area contributed by atoms with E-state index in [1.54, 1.807) is 60.7 Å². The van der Waals surface area contributed by atoms with Gasteiger partial charge in [-0.05, 0) is 11.1 Å². The van der Waals surface area contributed by atoms with E-state index in [-0.39, 0.29) is 30.8 Å². The van der Waals surface area contributed by atoms with Gasteiger partial charge in [0.05, 0.1) is 18.8 Å². The van der Waals surface area contributed by atoms with Crippen molar-refractivity contribution in [3.05, 3.63) is 90.0 Å². The summed E-state index contributed by atoms with van der Waals surface area (Å²) < 4.78 is 0. The van der Waals surface area contributed by atoms with Crippen molar-refractivity contribution in [2.75, 3.05) is 11.5 Å². The number of nitrogens with one attached hydrogen (secondary N) is 6. The SMILES string of the molecule is N[C@@H](CS)C(=O)N[C@@H](CC(=O)O)C(=O)N[C@@H](Cc1cnc[nH]1)C(=O)N[C@@H](Cc1ccccc1)C(=O)N[C@@H](Cc1ccccc1)C(=O)N[C@@H](CS)C(=O)O. The Hall–Kier alpha value is -5.40. The zero-order valence-corrected chi connectivity index (χ0v) is 30.1. The summed E-state index contributed by atoms with van der Waals surface area (Å²) in [4.78, 5) is 97.2. The number of carbonyl (C=O) groups is 7. The molecule has 284 valence electrons. The number of imidazole rings is 1. The molecule has 0 saturated heterocycles. The van der Waals surface area contributed by atoms with Gasteiger partial charge in [-0.3, -0.25) is 28.8 Å². The molecule has 53 heavy (non-hydrogen) atoms. The topological polar surface area (TPSA) is 275 Å². The third-order valence-electron chi connectivity index (χ3n) is 7.79. The lowest BCUT2D eigenvalue weighted by Crippen LogP contribution is -2.60. The summed E-state index contributed by atoms with van der Waals surface area (Å²) in [7, 11) is 0. The lowest BCUT2D eigenvalue weighted by atomic mass is 10.0. The van der Waals surface area contributed by atoms with E-state index < -0.39 is 84.1 Å². The predicted octanol–water partition coefficient (Wildman–Crippen LogP) is -1.39. The second-order valence-electron chi connectivity index (χ2n) is 11.9. The predicted molar refractivity (Wildman–Crippen MR) is 198 cm³/mol. The Kier molecular flexibility index (Phi) is 16.8. The molecule has 0 unspecified atom stereocenters. The van der Waals surface area contributed by atoms with E-state index in [2.05, 4.69) is 61.8 Å². The summed E-state index contributed by atoms with van der Waals surface area (Å²) in [6, 6.07) is 9.08. The number of benzene rings is 2. The molecular formula is C34H42N8O9S2. The van der Waals surface area contributed by atoms with Crippen molar-refractivity contribution in [1.29, 1.82) is 0 Å². The second kappa shape index (κ2) is 21.2. The Labute approximate surface area is 315 Å². The average Bonchev–Trinajstić information content (AvgIpc) is 3.65. The van der Waals surface area contributed by atoms with Gasteiger partial charge in [0.2, 0.25) is 29.5 Å². The standard InChI is InChI=1S/C34H42N8O9S2/c35-22(16-52)29(45)38-26(14-28(43)44)33(49)41-25(13-21-15-36-18-37-21)32(48)40-23(11-19-7-3-1-4-8-19)30(46)39-24(12-20-9-5-2-6-10-20)31(47)42-27(17-53)34(50)51/h1-10,15,18,22-27,52-53H,11-14,16-17,35H2,(H,36,37)(H,38,45)(H,39,46)(H,40,48)(H,41,49)(H,42,47)(H,43,44)(H,50,51)/t22-,23-,24-,25-,26-,27-/m0/s1. The molecule has 1 heterocycles. The number of carboxylic acids is 2. The van der Waals surface area contributed by atoms with E-state index in [4.69, 9.17) is 5.73 Å². The molecular weight excluding hydrogens is 729 g/mol. The number of aliphatic carboxylic acids is 2. The number of hydrogen-bond acceptors (Lipinski definition) is 11. The van der Waals surface area contributed by atoms with Gasteiger partial charge in [-0.25, -0.2) is 9.78 Å². The van der Waals surface area contributed by atoms with Crippen LogP contribution in [-0.2, 0) is 52.8 Å². The lowest BCUT2D eigenvalue weighted by Gasteiger charge is -2.27. The number of thiol groups is 2. The van der Waals surface area contributed by atoms with Crippen molar-refractivity contribution in [1.82, 2.24) is 36.6 Å². The second-order valence-corrected chi connectivity index (χ2v) is 12.6. The average molecular weight is 771 g/mol. The first-order valence-electron chi connectivity index (χ1n) is 16.3. The fraction of sp³-hybridized carbons (Fsp3) is 0.353. The van der Waals surface area contributed by atoms with Gasteiger partial charge in [0.25, 0.3) is 0 Å². The van der Waals surface area contributed by atoms with E-state index in [1.165, 1.54) is 12.5 Å². The molecule has 0 aliphatic rings. The highest BCUT2D eigenvalue weighted by Gasteiger charge is 2.34. The number of hydrogen-bond donors (Lipinski definition) is 11. The zero-order chi connectivity index (χ0) is 38.9. The largest absolute Gasteiger partial charge is 0.481 e. The third-order valence-corrected chi connectivity index (χ3v) is 8.54. The van der Waals surface area contributed by atoms with Crippen molar-refractivity contribution in [3.8, 4) is 0 Å². The number of aromatic nitrogens is 2. The van der Waals surface area contributed by atoms with Gasteiger partial charge < -0.3 is 47.5 Å². The molecule has 0 saturated carbocycles. The summed E-state index contributed by atoms with van der Waals surface area (Å²) in [5.41, 5.74) is 7.35. The van der Waals surface area contributed by atoms with E-state index >= 15 is 0 Å². The van der Waals surface area contributed by atoms with Gasteiger partial charge in [0, 0.05) is 42.7 Å². The number of aromatic amines is 1. The molecule has 2 aromatic carbocycles. The summed E-state index contributed by atoms with van der Waals surface area (Å²) >= 11 is 7.95. The lowest BCUT2D eigenvalue weighted by molar-refractivity contribution is -0.142. The van der Waals surface area contributed by atoms with Crippen LogP contribution in [0.1, 0.15) is 23.2 Å². The maximum atomic E-state index is 14.0. The van der Waals surface area contributed by atoms with Crippen molar-refractivity contribution >= 4 is 66.7 Å².